The maximum Gasteiger partial charge on any atom is 0.145 e. The van der Waals surface area contributed by atoms with Gasteiger partial charge in [0.05, 0.1) is 11.1 Å². The maximum absolute atomic E-state index is 13.7. The van der Waals surface area contributed by atoms with Gasteiger partial charge in [-0.2, -0.15) is 0 Å². The third-order valence-electron chi connectivity index (χ3n) is 3.12. The van der Waals surface area contributed by atoms with Crippen molar-refractivity contribution in [2.75, 3.05) is 0 Å². The average Bonchev–Trinajstić information content (AvgIpc) is 2.21. The lowest BCUT2D eigenvalue weighted by Gasteiger charge is -2.25. The SMILES string of the molecule is CC(CC(O)Cc1cccc(Cl)c1F)CC(C)(C)C. The van der Waals surface area contributed by atoms with Crippen LogP contribution >= 0.6 is 11.6 Å². The van der Waals surface area contributed by atoms with Gasteiger partial charge in [-0.25, -0.2) is 4.39 Å². The molecule has 3 heteroatoms. The summed E-state index contributed by atoms with van der Waals surface area (Å²) in [6.45, 7) is 8.69. The summed E-state index contributed by atoms with van der Waals surface area (Å²) in [5, 5.41) is 10.2. The van der Waals surface area contributed by atoms with Crippen LogP contribution in [0.1, 0.15) is 46.1 Å². The predicted molar refractivity (Wildman–Crippen MR) is 79.0 cm³/mol. The molecule has 2 unspecified atom stereocenters. The highest BCUT2D eigenvalue weighted by Crippen LogP contribution is 2.28. The minimum atomic E-state index is -0.523. The van der Waals surface area contributed by atoms with Crippen LogP contribution in [0.15, 0.2) is 18.2 Å². The van der Waals surface area contributed by atoms with Crippen molar-refractivity contribution in [1.82, 2.24) is 0 Å². The van der Waals surface area contributed by atoms with E-state index < -0.39 is 11.9 Å². The van der Waals surface area contributed by atoms with Crippen LogP contribution in [0.3, 0.4) is 0 Å². The summed E-state index contributed by atoms with van der Waals surface area (Å²) in [5.74, 6) is 0.00364. The van der Waals surface area contributed by atoms with Gasteiger partial charge in [0.15, 0.2) is 0 Å². The smallest absolute Gasteiger partial charge is 0.145 e. The topological polar surface area (TPSA) is 20.2 Å². The summed E-state index contributed by atoms with van der Waals surface area (Å²) in [7, 11) is 0. The number of aliphatic hydroxyl groups is 1. The van der Waals surface area contributed by atoms with Crippen molar-refractivity contribution in [1.29, 1.82) is 0 Å². The summed E-state index contributed by atoms with van der Waals surface area (Å²) >= 11 is 5.73. The molecule has 1 rings (SSSR count). The van der Waals surface area contributed by atoms with Gasteiger partial charge in [0.25, 0.3) is 0 Å². The summed E-state index contributed by atoms with van der Waals surface area (Å²) in [6.07, 6.45) is 1.52. The second-order valence-electron chi connectivity index (χ2n) is 6.68. The molecule has 0 aliphatic rings. The first-order chi connectivity index (χ1) is 8.69. The molecule has 0 amide bonds. The molecule has 2 atom stereocenters. The van der Waals surface area contributed by atoms with Crippen LogP contribution < -0.4 is 0 Å². The Morgan fingerprint density at radius 2 is 1.95 bits per heavy atom. The van der Waals surface area contributed by atoms with Gasteiger partial charge in [0.2, 0.25) is 0 Å². The van der Waals surface area contributed by atoms with Crippen LogP contribution in [-0.4, -0.2) is 11.2 Å². The van der Waals surface area contributed by atoms with E-state index in [4.69, 9.17) is 11.6 Å². The highest BCUT2D eigenvalue weighted by Gasteiger charge is 2.19. The molecule has 0 aliphatic heterocycles. The Hall–Kier alpha value is -0.600. The lowest BCUT2D eigenvalue weighted by molar-refractivity contribution is 0.132. The lowest BCUT2D eigenvalue weighted by Crippen LogP contribution is -2.19. The summed E-state index contributed by atoms with van der Waals surface area (Å²) in [6, 6.07) is 4.92. The van der Waals surface area contributed by atoms with Crippen LogP contribution in [0.2, 0.25) is 5.02 Å². The fourth-order valence-electron chi connectivity index (χ4n) is 2.64. The zero-order valence-corrected chi connectivity index (χ0v) is 13.0. The third-order valence-corrected chi connectivity index (χ3v) is 3.41. The summed E-state index contributed by atoms with van der Waals surface area (Å²) < 4.78 is 13.7. The highest BCUT2D eigenvalue weighted by molar-refractivity contribution is 6.30. The molecule has 0 radical (unpaired) electrons. The van der Waals surface area contributed by atoms with Gasteiger partial charge in [-0.3, -0.25) is 0 Å². The quantitative estimate of drug-likeness (QED) is 0.821. The molecule has 0 bridgehead atoms. The van der Waals surface area contributed by atoms with E-state index >= 15 is 0 Å². The third kappa shape index (κ3) is 5.92. The van der Waals surface area contributed by atoms with E-state index in [1.165, 1.54) is 6.07 Å². The normalized spacial score (nSPS) is 15.3. The van der Waals surface area contributed by atoms with Crippen molar-refractivity contribution in [3.8, 4) is 0 Å². The fraction of sp³-hybridized carbons (Fsp3) is 0.625. The molecule has 0 aliphatic carbocycles. The van der Waals surface area contributed by atoms with Gasteiger partial charge in [0.1, 0.15) is 5.82 Å². The summed E-state index contributed by atoms with van der Waals surface area (Å²) in [4.78, 5) is 0. The minimum Gasteiger partial charge on any atom is -0.393 e. The number of aliphatic hydroxyl groups excluding tert-OH is 1. The Balaban J connectivity index is 2.56. The second kappa shape index (κ2) is 6.71. The van der Waals surface area contributed by atoms with Gasteiger partial charge in [0, 0.05) is 6.42 Å². The van der Waals surface area contributed by atoms with Crippen LogP contribution in [0.5, 0.6) is 0 Å². The average molecular weight is 287 g/mol. The molecule has 0 aromatic heterocycles. The molecule has 0 spiro atoms. The van der Waals surface area contributed by atoms with Crippen LogP contribution in [0.4, 0.5) is 4.39 Å². The predicted octanol–water partition coefficient (Wildman–Crippen LogP) is 4.84. The van der Waals surface area contributed by atoms with Crippen molar-refractivity contribution in [3.63, 3.8) is 0 Å². The maximum atomic E-state index is 13.7. The van der Waals surface area contributed by atoms with Crippen LogP contribution in [-0.2, 0) is 6.42 Å². The Bertz CT molecular complexity index is 412. The van der Waals surface area contributed by atoms with E-state index in [0.717, 1.165) is 6.42 Å². The molecule has 19 heavy (non-hydrogen) atoms. The first-order valence-electron chi connectivity index (χ1n) is 6.80. The van der Waals surface area contributed by atoms with E-state index in [1.807, 2.05) is 0 Å². The first-order valence-corrected chi connectivity index (χ1v) is 7.18. The van der Waals surface area contributed by atoms with E-state index in [2.05, 4.69) is 27.7 Å². The van der Waals surface area contributed by atoms with Gasteiger partial charge in [-0.15, -0.1) is 0 Å². The number of halogens is 2. The Kier molecular flexibility index (Phi) is 5.82. The Morgan fingerprint density at radius 1 is 1.32 bits per heavy atom. The van der Waals surface area contributed by atoms with E-state index in [-0.39, 0.29) is 10.4 Å². The minimum absolute atomic E-state index is 0.118. The molecule has 1 aromatic carbocycles. The molecule has 0 saturated carbocycles. The monoisotopic (exact) mass is 286 g/mol. The lowest BCUT2D eigenvalue weighted by atomic mass is 9.82. The first kappa shape index (κ1) is 16.5. The molecule has 108 valence electrons. The zero-order chi connectivity index (χ0) is 14.6. The Morgan fingerprint density at radius 3 is 2.53 bits per heavy atom. The number of hydrogen-bond acceptors (Lipinski definition) is 1. The molecule has 0 fully saturated rings. The summed E-state index contributed by atoms with van der Waals surface area (Å²) in [5.41, 5.74) is 0.739. The van der Waals surface area contributed by atoms with Crippen molar-refractivity contribution in [2.24, 2.45) is 11.3 Å². The van der Waals surface area contributed by atoms with Gasteiger partial charge < -0.3 is 5.11 Å². The van der Waals surface area contributed by atoms with Gasteiger partial charge in [-0.1, -0.05) is 51.4 Å². The number of hydrogen-bond donors (Lipinski definition) is 1. The Labute approximate surface area is 120 Å². The molecular formula is C16H24ClFO. The van der Waals surface area contributed by atoms with Crippen molar-refractivity contribution < 1.29 is 9.50 Å². The molecule has 1 nitrogen and oxygen atoms in total. The molecule has 0 heterocycles. The second-order valence-corrected chi connectivity index (χ2v) is 7.08. The number of rotatable bonds is 5. The van der Waals surface area contributed by atoms with Crippen molar-refractivity contribution >= 4 is 11.6 Å². The van der Waals surface area contributed by atoms with Gasteiger partial charge >= 0.3 is 0 Å². The fourth-order valence-corrected chi connectivity index (χ4v) is 2.83. The molecule has 0 saturated heterocycles. The molecule has 1 N–H and O–H groups in total. The van der Waals surface area contributed by atoms with Crippen LogP contribution in [0.25, 0.3) is 0 Å². The van der Waals surface area contributed by atoms with E-state index in [0.29, 0.717) is 24.3 Å². The standard InChI is InChI=1S/C16H24ClFO/c1-11(10-16(2,3)4)8-13(19)9-12-6-5-7-14(17)15(12)18/h5-7,11,13,19H,8-10H2,1-4H3. The van der Waals surface area contributed by atoms with E-state index in [9.17, 15) is 9.50 Å². The molecular weight excluding hydrogens is 263 g/mol. The van der Waals surface area contributed by atoms with Crippen molar-refractivity contribution in [3.05, 3.63) is 34.6 Å². The van der Waals surface area contributed by atoms with E-state index in [1.54, 1.807) is 12.1 Å². The number of benzene rings is 1. The zero-order valence-electron chi connectivity index (χ0n) is 12.2. The largest absolute Gasteiger partial charge is 0.393 e. The van der Waals surface area contributed by atoms with Crippen LogP contribution in [0, 0.1) is 17.2 Å². The van der Waals surface area contributed by atoms with Gasteiger partial charge in [-0.05, 0) is 35.8 Å². The molecule has 1 aromatic rings. The highest BCUT2D eigenvalue weighted by atomic mass is 35.5. The van der Waals surface area contributed by atoms with Crippen molar-refractivity contribution in [2.45, 2.75) is 53.1 Å².